The number of halogens is 7. The zero-order valence-electron chi connectivity index (χ0n) is 81.0. The molecule has 8 aliphatic heterocycles. The van der Waals surface area contributed by atoms with Crippen LogP contribution in [0, 0.1) is 23.7 Å². The number of thioether (sulfide) groups is 4. The molecule has 8 fully saturated rings. The van der Waals surface area contributed by atoms with Gasteiger partial charge in [0.2, 0.25) is 0 Å². The van der Waals surface area contributed by atoms with Gasteiger partial charge in [-0.2, -0.15) is 13.2 Å². The van der Waals surface area contributed by atoms with E-state index in [1.807, 2.05) is 51.4 Å². The van der Waals surface area contributed by atoms with E-state index in [4.69, 9.17) is 14.2 Å². The topological polar surface area (TPSA) is 280 Å². The Kier molecular flexibility index (Phi) is 39.4. The van der Waals surface area contributed by atoms with Crippen LogP contribution in [0.3, 0.4) is 0 Å². The molecule has 2 unspecified atom stereocenters. The number of benzene rings is 4. The van der Waals surface area contributed by atoms with Crippen LogP contribution in [0.15, 0.2) is 192 Å². The van der Waals surface area contributed by atoms with Gasteiger partial charge >= 0.3 is 6.18 Å². The van der Waals surface area contributed by atoms with Crippen molar-refractivity contribution in [2.24, 2.45) is 51.9 Å². The normalized spacial score (nSPS) is 19.8. The molecule has 752 valence electrons. The molecule has 0 bridgehead atoms. The molecular formula is C98H129Cl4F3N28O3S4. The van der Waals surface area contributed by atoms with Crippen LogP contribution in [0.1, 0.15) is 98.5 Å². The van der Waals surface area contributed by atoms with Crippen molar-refractivity contribution in [1.82, 2.24) is 119 Å². The van der Waals surface area contributed by atoms with E-state index in [0.717, 1.165) is 224 Å². The maximum atomic E-state index is 13.5. The fourth-order valence-electron chi connectivity index (χ4n) is 20.3. The Hall–Kier alpha value is -9.45. The van der Waals surface area contributed by atoms with E-state index in [2.05, 4.69) is 229 Å². The summed E-state index contributed by atoms with van der Waals surface area (Å²) in [4.78, 5) is 53.8. The predicted octanol–water partition coefficient (Wildman–Crippen LogP) is 16.9. The van der Waals surface area contributed by atoms with Crippen LogP contribution in [-0.2, 0) is 34.4 Å². The van der Waals surface area contributed by atoms with E-state index in [0.29, 0.717) is 47.8 Å². The molecule has 8 aromatic heterocycles. The van der Waals surface area contributed by atoms with E-state index in [-0.39, 0.29) is 74.0 Å². The van der Waals surface area contributed by atoms with Crippen molar-refractivity contribution in [2.75, 3.05) is 147 Å². The summed E-state index contributed by atoms with van der Waals surface area (Å²) >= 11 is 6.93. The van der Waals surface area contributed by atoms with Gasteiger partial charge < -0.3 is 71.7 Å². The quantitative estimate of drug-likeness (QED) is 0.0267. The molecule has 8 atom stereocenters. The number of fused-ring (bicyclic) bond motifs is 4. The van der Waals surface area contributed by atoms with Gasteiger partial charge in [0.1, 0.15) is 40.0 Å². The molecule has 12 aromatic rings. The molecule has 42 heteroatoms. The number of likely N-dealkylation sites (tertiary alicyclic amines) is 4. The number of nitrogens with zero attached hydrogens (tertiary/aromatic N) is 28. The second kappa shape index (κ2) is 51.2. The van der Waals surface area contributed by atoms with E-state index in [9.17, 15) is 13.2 Å². The summed E-state index contributed by atoms with van der Waals surface area (Å²) in [5.41, 5.74) is 6.47. The van der Waals surface area contributed by atoms with Crippen LogP contribution in [-0.4, -0.2) is 289 Å². The predicted molar refractivity (Wildman–Crippen MR) is 559 cm³/mol. The van der Waals surface area contributed by atoms with Crippen molar-refractivity contribution >= 4 is 119 Å². The molecule has 8 saturated heterocycles. The smallest absolute Gasteiger partial charge is 0.418 e. The van der Waals surface area contributed by atoms with E-state index in [1.165, 1.54) is 68.1 Å². The Morgan fingerprint density at radius 3 is 0.807 bits per heavy atom. The number of rotatable bonds is 34. The fourth-order valence-corrected chi connectivity index (χ4v) is 23.7. The summed E-state index contributed by atoms with van der Waals surface area (Å²) < 4.78 is 66.9. The Bertz CT molecular complexity index is 5410. The summed E-state index contributed by atoms with van der Waals surface area (Å²) in [5, 5.41) is 38.1. The average Bonchev–Trinajstić information content (AvgIpc) is 1.62. The summed E-state index contributed by atoms with van der Waals surface area (Å²) in [7, 11) is 7.89. The van der Waals surface area contributed by atoms with Crippen LogP contribution >= 0.6 is 96.7 Å². The van der Waals surface area contributed by atoms with Crippen molar-refractivity contribution in [3.05, 3.63) is 177 Å². The molecule has 0 radical (unpaired) electrons. The first-order valence-corrected chi connectivity index (χ1v) is 51.7. The third-order valence-corrected chi connectivity index (χ3v) is 31.0. The van der Waals surface area contributed by atoms with E-state index >= 15 is 0 Å². The van der Waals surface area contributed by atoms with Gasteiger partial charge in [0, 0.05) is 209 Å². The third kappa shape index (κ3) is 26.6. The minimum absolute atomic E-state index is 0. The third-order valence-electron chi connectivity index (χ3n) is 26.5. The Morgan fingerprint density at radius 1 is 0.321 bits per heavy atom. The maximum absolute atomic E-state index is 13.5. The van der Waals surface area contributed by atoms with Crippen LogP contribution < -0.4 is 33.8 Å². The van der Waals surface area contributed by atoms with Crippen molar-refractivity contribution in [3.63, 3.8) is 0 Å². The highest BCUT2D eigenvalue weighted by molar-refractivity contribution is 7.99. The maximum Gasteiger partial charge on any atom is 0.418 e. The van der Waals surface area contributed by atoms with Crippen LogP contribution in [0.5, 0.6) is 17.2 Å². The van der Waals surface area contributed by atoms with Gasteiger partial charge in [0.05, 0.1) is 65.7 Å². The standard InChI is InChI=1S/3C25H33N7OS.C23H26F3N7S.4ClH/c3*1-18(2)33-23-8-5-4-7-21(23)32-13-9-19-16-31(17-22(19)32)12-6-14-34-25-29-28-24(30(25)3)20-15-26-10-11-27-20;1-31-21(18-13-27-8-9-28-18)29-30-22(31)34-12-4-10-32-14-16-7-11-33(20(16)15-32)19-6-3-2-5-17(19)23(24,25)26;;;;/h3*4-5,7-8,10-11,15,18-19,22H,6,9,12-14,16-17H2,1-3H3;2-3,5-6,8-9,13,16,20H,4,7,10-12,14-15H2,1H3;4*1H/t3*19-,22+;;;;;/m110...../s1. The van der Waals surface area contributed by atoms with Gasteiger partial charge in [-0.05, 0) is 191 Å². The first kappa shape index (κ1) is 108. The molecular weight excluding hydrogens is 1940 g/mol. The van der Waals surface area contributed by atoms with Gasteiger partial charge in [-0.1, -0.05) is 95.6 Å². The van der Waals surface area contributed by atoms with E-state index < -0.39 is 11.7 Å². The zero-order valence-corrected chi connectivity index (χ0v) is 87.5. The number of hydrogen-bond donors (Lipinski definition) is 0. The molecule has 0 spiro atoms. The molecule has 140 heavy (non-hydrogen) atoms. The molecule has 20 rings (SSSR count). The second-order valence-corrected chi connectivity index (χ2v) is 41.1. The zero-order chi connectivity index (χ0) is 94.2. The van der Waals surface area contributed by atoms with Gasteiger partial charge in [0.15, 0.2) is 43.9 Å². The monoisotopic (exact) mass is 2070 g/mol. The number of hydrogen-bond acceptors (Lipinski definition) is 31. The molecule has 0 N–H and O–H groups in total. The lowest BCUT2D eigenvalue weighted by Gasteiger charge is -2.29. The number of aromatic nitrogens is 20. The lowest BCUT2D eigenvalue weighted by atomic mass is 10.0. The van der Waals surface area contributed by atoms with Gasteiger partial charge in [-0.3, -0.25) is 19.9 Å². The lowest BCUT2D eigenvalue weighted by Crippen LogP contribution is -2.36. The highest BCUT2D eigenvalue weighted by Crippen LogP contribution is 2.46. The molecule has 8 aliphatic rings. The number of ether oxygens (including phenoxy) is 3. The molecule has 31 nitrogen and oxygen atoms in total. The van der Waals surface area contributed by atoms with Crippen molar-refractivity contribution in [1.29, 1.82) is 0 Å². The van der Waals surface area contributed by atoms with Gasteiger partial charge in [-0.15, -0.1) is 90.4 Å². The molecule has 0 amide bonds. The lowest BCUT2D eigenvalue weighted by molar-refractivity contribution is -0.137. The average molecular weight is 2070 g/mol. The first-order valence-electron chi connectivity index (χ1n) is 47.7. The first-order chi connectivity index (χ1) is 66.2. The summed E-state index contributed by atoms with van der Waals surface area (Å²) in [5.74, 6) is 12.6. The molecule has 0 saturated carbocycles. The highest BCUT2D eigenvalue weighted by atomic mass is 35.5. The van der Waals surface area contributed by atoms with Crippen LogP contribution in [0.25, 0.3) is 46.1 Å². The summed E-state index contributed by atoms with van der Waals surface area (Å²) in [6, 6.07) is 33.4. The molecule has 16 heterocycles. The van der Waals surface area contributed by atoms with Crippen LogP contribution in [0.2, 0.25) is 0 Å². The Labute approximate surface area is 860 Å². The van der Waals surface area contributed by atoms with Crippen molar-refractivity contribution < 1.29 is 27.4 Å². The van der Waals surface area contributed by atoms with Crippen LogP contribution in [0.4, 0.5) is 35.9 Å². The second-order valence-electron chi connectivity index (χ2n) is 36.8. The number of alkyl halides is 3. The summed E-state index contributed by atoms with van der Waals surface area (Å²) in [6.07, 6.45) is 25.4. The largest absolute Gasteiger partial charge is 0.489 e. The van der Waals surface area contributed by atoms with Gasteiger partial charge in [0.25, 0.3) is 0 Å². The highest BCUT2D eigenvalue weighted by Gasteiger charge is 2.47. The Morgan fingerprint density at radius 2 is 0.564 bits per heavy atom. The fraction of sp³-hybridized carbons (Fsp3) is 0.510. The number of anilines is 4. The minimum Gasteiger partial charge on any atom is -0.489 e. The molecule has 0 aliphatic carbocycles. The van der Waals surface area contributed by atoms with Crippen molar-refractivity contribution in [2.45, 2.75) is 162 Å². The van der Waals surface area contributed by atoms with E-state index in [1.54, 1.807) is 134 Å². The summed E-state index contributed by atoms with van der Waals surface area (Å²) in [6.45, 7) is 29.6. The minimum atomic E-state index is -4.34. The Balaban J connectivity index is 0.000000156. The SMILES string of the molecule is CC(C)Oc1ccccc1N1CC[C@@H]2CN(CCCSc3nnc(-c4cnccn4)n3C)C[C@@H]21.CC(C)Oc1ccccc1N1CC[C@@H]2CN(CCCSc3nnc(-c4cnccn4)n3C)C[C@@H]21.CC(C)Oc1ccccc1N1CC[C@H]2CN(CCCSc3nnc(-c4cnccn4)n3C)C[C@H]21.Cl.Cl.Cl.Cl.Cn1c(SCCCN2CC3CCN(c4ccccc4C(F)(F)F)C3C2)nnc1-c1cnccn1. The van der Waals surface area contributed by atoms with Crippen molar-refractivity contribution in [3.8, 4) is 63.3 Å². The van der Waals surface area contributed by atoms with Gasteiger partial charge in [-0.25, -0.2) is 19.9 Å². The molecule has 4 aromatic carbocycles. The number of para-hydroxylation sites is 7.